The number of carbonyl (C=O) groups excluding carboxylic acids is 1. The van der Waals surface area contributed by atoms with E-state index >= 15 is 0 Å². The molecule has 0 bridgehead atoms. The molecule has 42 heavy (non-hydrogen) atoms. The molecule has 1 aromatic heterocycles. The summed E-state index contributed by atoms with van der Waals surface area (Å²) in [5, 5.41) is 38.1. The van der Waals surface area contributed by atoms with Crippen molar-refractivity contribution in [2.24, 2.45) is 0 Å². The van der Waals surface area contributed by atoms with Gasteiger partial charge in [-0.3, -0.25) is 25.1 Å². The molecule has 2 heterocycles. The van der Waals surface area contributed by atoms with Crippen LogP contribution in [-0.2, 0) is 10.2 Å². The van der Waals surface area contributed by atoms with E-state index < -0.39 is 22.5 Å². The van der Waals surface area contributed by atoms with Gasteiger partial charge in [-0.1, -0.05) is 6.07 Å². The number of fused-ring (bicyclic) bond motifs is 1. The van der Waals surface area contributed by atoms with Crippen molar-refractivity contribution in [3.63, 3.8) is 0 Å². The van der Waals surface area contributed by atoms with Gasteiger partial charge in [-0.05, 0) is 49.9 Å². The van der Waals surface area contributed by atoms with Gasteiger partial charge in [0.05, 0.1) is 36.9 Å². The zero-order valence-electron chi connectivity index (χ0n) is 24.1. The Morgan fingerprint density at radius 2 is 1.95 bits per heavy atom. The minimum Gasteiger partial charge on any atom is -0.497 e. The summed E-state index contributed by atoms with van der Waals surface area (Å²) in [4.78, 5) is 35.8. The number of hydrogen-bond donors (Lipinski definition) is 4. The average Bonchev–Trinajstić information content (AvgIpc) is 2.99. The molecular weight excluding hydrogens is 544 g/mol. The zero-order chi connectivity index (χ0) is 30.3. The van der Waals surface area contributed by atoms with Gasteiger partial charge in [0, 0.05) is 55.9 Å². The third kappa shape index (κ3) is 6.99. The van der Waals surface area contributed by atoms with E-state index in [9.17, 15) is 25.1 Å². The quantitative estimate of drug-likeness (QED) is 0.171. The van der Waals surface area contributed by atoms with Gasteiger partial charge >= 0.3 is 0 Å². The fourth-order valence-electron chi connectivity index (χ4n) is 5.59. The molecular formula is C29H38N6O7. The van der Waals surface area contributed by atoms with Crippen LogP contribution in [0.4, 0.5) is 5.69 Å². The first-order valence-corrected chi connectivity index (χ1v) is 13.8. The summed E-state index contributed by atoms with van der Waals surface area (Å²) in [6, 6.07) is 9.99. The summed E-state index contributed by atoms with van der Waals surface area (Å²) in [6.45, 7) is 2.42. The van der Waals surface area contributed by atoms with E-state index in [4.69, 9.17) is 19.4 Å². The van der Waals surface area contributed by atoms with Crippen molar-refractivity contribution in [3.05, 3.63) is 69.7 Å². The highest BCUT2D eigenvalue weighted by atomic mass is 16.6. The van der Waals surface area contributed by atoms with Crippen LogP contribution in [0.3, 0.4) is 0 Å². The van der Waals surface area contributed by atoms with Gasteiger partial charge in [-0.25, -0.2) is 9.97 Å². The number of aliphatic hydroxyl groups excluding tert-OH is 2. The number of nitrogens with zero attached hydrogens (tertiary/aromatic N) is 4. The number of piperidine rings is 1. The van der Waals surface area contributed by atoms with Gasteiger partial charge < -0.3 is 25.0 Å². The number of methoxy groups -OCH3 is 2. The minimum absolute atomic E-state index is 0.00174. The molecule has 1 fully saturated rings. The normalized spacial score (nSPS) is 20.5. The summed E-state index contributed by atoms with van der Waals surface area (Å²) in [5.41, 5.74) is 0.467. The number of aliphatic hydroxyl groups is 2. The molecule has 13 nitrogen and oxygen atoms in total. The van der Waals surface area contributed by atoms with E-state index in [-0.39, 0.29) is 37.2 Å². The Balaban J connectivity index is 1.70. The second-order valence-electron chi connectivity index (χ2n) is 10.5. The van der Waals surface area contributed by atoms with E-state index in [1.807, 2.05) is 23.1 Å². The number of nitrogens with one attached hydrogen (secondary N) is 2. The Hall–Kier alpha value is -3.75. The maximum Gasteiger partial charge on any atom is 0.282 e. The first-order valence-electron chi connectivity index (χ1n) is 13.8. The Bertz CT molecular complexity index is 1400. The van der Waals surface area contributed by atoms with Crippen LogP contribution in [0.2, 0.25) is 0 Å². The molecule has 0 spiro atoms. The number of ether oxygens (including phenoxy) is 2. The summed E-state index contributed by atoms with van der Waals surface area (Å²) in [6.07, 6.45) is 2.40. The molecule has 0 saturated carbocycles. The summed E-state index contributed by atoms with van der Waals surface area (Å²) < 4.78 is 11.2. The molecule has 226 valence electrons. The lowest BCUT2D eigenvalue weighted by molar-refractivity contribution is -0.385. The minimum atomic E-state index is -0.706. The third-order valence-corrected chi connectivity index (χ3v) is 7.78. The van der Waals surface area contributed by atoms with Crippen molar-refractivity contribution in [2.75, 3.05) is 47.1 Å². The number of hydrogen-bond acceptors (Lipinski definition) is 11. The molecule has 1 aliphatic heterocycles. The van der Waals surface area contributed by atoms with Crippen LogP contribution in [-0.4, -0.2) is 95.4 Å². The van der Waals surface area contributed by atoms with Crippen LogP contribution in [0, 0.1) is 17.0 Å². The van der Waals surface area contributed by atoms with Gasteiger partial charge in [-0.15, -0.1) is 0 Å². The van der Waals surface area contributed by atoms with Crippen molar-refractivity contribution in [1.29, 1.82) is 0 Å². The van der Waals surface area contributed by atoms with Crippen molar-refractivity contribution in [1.82, 2.24) is 25.5 Å². The fraction of sp³-hybridized carbons (Fsp3) is 0.483. The van der Waals surface area contributed by atoms with Gasteiger partial charge in [0.25, 0.3) is 11.6 Å². The number of nitro benzene ring substituents is 1. The highest BCUT2D eigenvalue weighted by Gasteiger charge is 2.45. The first kappa shape index (κ1) is 31.2. The Morgan fingerprint density at radius 1 is 1.19 bits per heavy atom. The molecule has 0 radical (unpaired) electrons. The van der Waals surface area contributed by atoms with E-state index in [1.54, 1.807) is 33.4 Å². The first-order chi connectivity index (χ1) is 20.2. The Morgan fingerprint density at radius 3 is 2.62 bits per heavy atom. The summed E-state index contributed by atoms with van der Waals surface area (Å²) >= 11 is 0. The number of benzene rings is 2. The Kier molecular flexibility index (Phi) is 10.4. The Labute approximate surface area is 244 Å². The second kappa shape index (κ2) is 13.9. The van der Waals surface area contributed by atoms with Crippen molar-refractivity contribution >= 4 is 22.5 Å². The molecule has 4 N–H and O–H groups in total. The van der Waals surface area contributed by atoms with E-state index in [0.717, 1.165) is 10.9 Å². The van der Waals surface area contributed by atoms with Gasteiger partial charge in [0.1, 0.15) is 23.4 Å². The van der Waals surface area contributed by atoms with Crippen LogP contribution >= 0.6 is 0 Å². The highest BCUT2D eigenvalue weighted by molar-refractivity contribution is 5.98. The monoisotopic (exact) mass is 582 g/mol. The standard InChI is InChI=1S/C29H38N6O7/c1-19-4-7-24(35(39)40)22(14-19)27(38)30-9-8-29(28-31-18-20-5-6-21(41-2)15-23(20)32-28)16-25(33-26(17-29)42-3)34(10-12-36)11-13-37/h4-7,14-15,18,25-26,33,36-37H,8-13,16-17H2,1-3H3,(H,30,38). The predicted molar refractivity (Wildman–Crippen MR) is 155 cm³/mol. The molecule has 0 aliphatic carbocycles. The average molecular weight is 583 g/mol. The fourth-order valence-corrected chi connectivity index (χ4v) is 5.59. The molecule has 1 saturated heterocycles. The van der Waals surface area contributed by atoms with Gasteiger partial charge in [0.2, 0.25) is 0 Å². The predicted octanol–water partition coefficient (Wildman–Crippen LogP) is 1.88. The molecule has 3 aromatic rings. The molecule has 1 amide bonds. The van der Waals surface area contributed by atoms with E-state index in [1.165, 1.54) is 12.1 Å². The highest BCUT2D eigenvalue weighted by Crippen LogP contribution is 2.40. The van der Waals surface area contributed by atoms with Crippen LogP contribution < -0.4 is 15.4 Å². The molecule has 2 aromatic carbocycles. The van der Waals surface area contributed by atoms with Crippen LogP contribution in [0.1, 0.15) is 41.0 Å². The number of amides is 1. The van der Waals surface area contributed by atoms with E-state index in [2.05, 4.69) is 10.6 Å². The molecule has 1 aliphatic rings. The van der Waals surface area contributed by atoms with Crippen molar-refractivity contribution in [3.8, 4) is 5.75 Å². The molecule has 3 atom stereocenters. The van der Waals surface area contributed by atoms with Gasteiger partial charge in [0.15, 0.2) is 0 Å². The van der Waals surface area contributed by atoms with Crippen LogP contribution in [0.25, 0.3) is 10.9 Å². The van der Waals surface area contributed by atoms with Crippen molar-refractivity contribution in [2.45, 2.75) is 44.0 Å². The molecule has 4 rings (SSSR count). The summed E-state index contributed by atoms with van der Waals surface area (Å²) in [7, 11) is 3.18. The number of carbonyl (C=O) groups is 1. The second-order valence-corrected chi connectivity index (χ2v) is 10.5. The molecule has 13 heteroatoms. The largest absolute Gasteiger partial charge is 0.497 e. The van der Waals surface area contributed by atoms with Crippen molar-refractivity contribution < 1.29 is 29.4 Å². The maximum absolute atomic E-state index is 13.2. The lowest BCUT2D eigenvalue weighted by Crippen LogP contribution is -2.60. The smallest absolute Gasteiger partial charge is 0.282 e. The van der Waals surface area contributed by atoms with E-state index in [0.29, 0.717) is 49.4 Å². The van der Waals surface area contributed by atoms with Crippen LogP contribution in [0.5, 0.6) is 5.75 Å². The SMILES string of the molecule is COc1ccc2cnc(C3(CCNC(=O)c4cc(C)ccc4[N+](=O)[O-])CC(OC)NC(N(CCO)CCO)C3)nc2c1. The van der Waals surface area contributed by atoms with Gasteiger partial charge in [-0.2, -0.15) is 0 Å². The van der Waals surface area contributed by atoms with Crippen LogP contribution in [0.15, 0.2) is 42.6 Å². The maximum atomic E-state index is 13.2. The zero-order valence-corrected chi connectivity index (χ0v) is 24.1. The summed E-state index contributed by atoms with van der Waals surface area (Å²) in [5.74, 6) is 0.671. The number of aryl methyl sites for hydroxylation is 1. The lowest BCUT2D eigenvalue weighted by atomic mass is 9.73. The number of rotatable bonds is 13. The lowest BCUT2D eigenvalue weighted by Gasteiger charge is -2.47. The number of nitro groups is 1. The number of aromatic nitrogens is 2. The topological polar surface area (TPSA) is 172 Å². The third-order valence-electron chi connectivity index (χ3n) is 7.78. The molecule has 3 unspecified atom stereocenters.